The van der Waals surface area contributed by atoms with Crippen LogP contribution < -0.4 is 5.32 Å². The Labute approximate surface area is 147 Å². The molecule has 2 aliphatic carbocycles. The molecule has 2 aromatic rings. The summed E-state index contributed by atoms with van der Waals surface area (Å²) in [5, 5.41) is 19.6. The van der Waals surface area contributed by atoms with Crippen molar-refractivity contribution in [3.63, 3.8) is 0 Å². The number of amides is 1. The van der Waals surface area contributed by atoms with Gasteiger partial charge in [-0.05, 0) is 56.6 Å². The molecule has 6 nitrogen and oxygen atoms in total. The van der Waals surface area contributed by atoms with E-state index in [-0.39, 0.29) is 18.6 Å². The molecule has 4 rings (SSSR count). The predicted octanol–water partition coefficient (Wildman–Crippen LogP) is 2.63. The second kappa shape index (κ2) is 6.96. The average Bonchev–Trinajstić information content (AvgIpc) is 3.39. The first-order valence-corrected chi connectivity index (χ1v) is 9.17. The molecule has 6 heteroatoms. The number of carbonyl (C=O) groups is 1. The number of aromatic amines is 1. The number of H-pyrrole nitrogens is 1. The second-order valence-corrected chi connectivity index (χ2v) is 7.27. The minimum atomic E-state index is -0.0346. The zero-order valence-corrected chi connectivity index (χ0v) is 14.2. The summed E-state index contributed by atoms with van der Waals surface area (Å²) >= 11 is 0. The van der Waals surface area contributed by atoms with Crippen molar-refractivity contribution in [3.05, 3.63) is 35.7 Å². The lowest BCUT2D eigenvalue weighted by Gasteiger charge is -2.27. The number of aromatic nitrogens is 3. The molecule has 1 heterocycles. The zero-order chi connectivity index (χ0) is 17.2. The molecule has 0 unspecified atom stereocenters. The summed E-state index contributed by atoms with van der Waals surface area (Å²) < 4.78 is 0. The third-order valence-corrected chi connectivity index (χ3v) is 5.31. The molecule has 0 aliphatic heterocycles. The predicted molar refractivity (Wildman–Crippen MR) is 94.1 cm³/mol. The molecular weight excluding hydrogens is 316 g/mol. The van der Waals surface area contributed by atoms with Gasteiger partial charge in [0.05, 0.1) is 0 Å². The van der Waals surface area contributed by atoms with Crippen molar-refractivity contribution in [2.24, 2.45) is 5.92 Å². The Balaban J connectivity index is 1.36. The van der Waals surface area contributed by atoms with Crippen LogP contribution in [0, 0.1) is 5.92 Å². The molecule has 25 heavy (non-hydrogen) atoms. The van der Waals surface area contributed by atoms with E-state index in [1.807, 2.05) is 24.3 Å². The zero-order valence-electron chi connectivity index (χ0n) is 14.2. The molecule has 2 saturated carbocycles. The fourth-order valence-corrected chi connectivity index (χ4v) is 3.47. The Kier molecular flexibility index (Phi) is 4.53. The van der Waals surface area contributed by atoms with Crippen molar-refractivity contribution in [2.75, 3.05) is 6.61 Å². The van der Waals surface area contributed by atoms with Gasteiger partial charge in [0.15, 0.2) is 5.82 Å². The summed E-state index contributed by atoms with van der Waals surface area (Å²) in [6, 6.07) is 7.67. The monoisotopic (exact) mass is 340 g/mol. The van der Waals surface area contributed by atoms with Crippen molar-refractivity contribution >= 4 is 5.91 Å². The van der Waals surface area contributed by atoms with E-state index in [0.717, 1.165) is 37.1 Å². The molecule has 0 saturated heterocycles. The maximum atomic E-state index is 12.4. The summed E-state index contributed by atoms with van der Waals surface area (Å²) in [6.45, 7) is 0.256. The molecule has 3 N–H and O–H groups in total. The SMILES string of the molecule is O=C(NC1CCC(CO)CC1)c1ccc(-c2n[nH]c(C3CC3)n2)cc1. The molecular formula is C19H24N4O2. The van der Waals surface area contributed by atoms with E-state index in [1.54, 1.807) is 0 Å². The van der Waals surface area contributed by atoms with Crippen LogP contribution in [-0.2, 0) is 0 Å². The number of hydrogen-bond donors (Lipinski definition) is 3. The molecule has 2 aliphatic rings. The van der Waals surface area contributed by atoms with Gasteiger partial charge in [-0.1, -0.05) is 12.1 Å². The van der Waals surface area contributed by atoms with Crippen molar-refractivity contribution in [1.82, 2.24) is 20.5 Å². The van der Waals surface area contributed by atoms with Crippen LogP contribution in [-0.4, -0.2) is 38.8 Å². The Morgan fingerprint density at radius 2 is 1.84 bits per heavy atom. The van der Waals surface area contributed by atoms with Crippen LogP contribution in [0.1, 0.15) is 60.6 Å². The Hall–Kier alpha value is -2.21. The average molecular weight is 340 g/mol. The van der Waals surface area contributed by atoms with Crippen LogP contribution in [0.15, 0.2) is 24.3 Å². The molecule has 0 atom stereocenters. The normalized spacial score (nSPS) is 23.4. The van der Waals surface area contributed by atoms with Crippen molar-refractivity contribution in [2.45, 2.75) is 50.5 Å². The number of nitrogens with one attached hydrogen (secondary N) is 2. The fourth-order valence-electron chi connectivity index (χ4n) is 3.47. The van der Waals surface area contributed by atoms with E-state index >= 15 is 0 Å². The van der Waals surface area contributed by atoms with E-state index in [1.165, 1.54) is 12.8 Å². The largest absolute Gasteiger partial charge is 0.396 e. The number of carbonyl (C=O) groups excluding carboxylic acids is 1. The first kappa shape index (κ1) is 16.3. The lowest BCUT2D eigenvalue weighted by Crippen LogP contribution is -2.38. The fraction of sp³-hybridized carbons (Fsp3) is 0.526. The highest BCUT2D eigenvalue weighted by Crippen LogP contribution is 2.38. The molecule has 132 valence electrons. The number of aliphatic hydroxyl groups is 1. The van der Waals surface area contributed by atoms with Crippen LogP contribution in [0.2, 0.25) is 0 Å². The van der Waals surface area contributed by atoms with E-state index in [0.29, 0.717) is 23.2 Å². The van der Waals surface area contributed by atoms with Crippen LogP contribution in [0.3, 0.4) is 0 Å². The van der Waals surface area contributed by atoms with Crippen LogP contribution >= 0.6 is 0 Å². The van der Waals surface area contributed by atoms with Gasteiger partial charge in [-0.25, -0.2) is 4.98 Å². The summed E-state index contributed by atoms with van der Waals surface area (Å²) in [7, 11) is 0. The number of aliphatic hydroxyl groups excluding tert-OH is 1. The van der Waals surface area contributed by atoms with Gasteiger partial charge in [0.2, 0.25) is 0 Å². The highest BCUT2D eigenvalue weighted by Gasteiger charge is 2.27. The van der Waals surface area contributed by atoms with E-state index in [2.05, 4.69) is 20.5 Å². The lowest BCUT2D eigenvalue weighted by atomic mass is 9.86. The first-order valence-electron chi connectivity index (χ1n) is 9.17. The molecule has 1 aromatic heterocycles. The summed E-state index contributed by atoms with van der Waals surface area (Å²) in [6.07, 6.45) is 6.22. The maximum absolute atomic E-state index is 12.4. The first-order chi connectivity index (χ1) is 12.2. The number of nitrogens with zero attached hydrogens (tertiary/aromatic N) is 2. The Bertz CT molecular complexity index is 728. The molecule has 0 bridgehead atoms. The van der Waals surface area contributed by atoms with Gasteiger partial charge in [0.1, 0.15) is 5.82 Å². The number of rotatable bonds is 5. The van der Waals surface area contributed by atoms with Crippen LogP contribution in [0.5, 0.6) is 0 Å². The van der Waals surface area contributed by atoms with Crippen molar-refractivity contribution in [1.29, 1.82) is 0 Å². The standard InChI is InChI=1S/C19H24N4O2/c24-11-12-1-9-16(10-2-12)20-19(25)15-7-5-14(6-8-15)18-21-17(22-23-18)13-3-4-13/h5-8,12-13,16,24H,1-4,9-11H2,(H,20,25)(H,21,22,23). The molecule has 2 fully saturated rings. The van der Waals surface area contributed by atoms with E-state index in [9.17, 15) is 9.90 Å². The Morgan fingerprint density at radius 3 is 2.48 bits per heavy atom. The van der Waals surface area contributed by atoms with Gasteiger partial charge in [0.25, 0.3) is 5.91 Å². The van der Waals surface area contributed by atoms with Gasteiger partial charge >= 0.3 is 0 Å². The Morgan fingerprint density at radius 1 is 1.12 bits per heavy atom. The van der Waals surface area contributed by atoms with Crippen molar-refractivity contribution in [3.8, 4) is 11.4 Å². The van der Waals surface area contributed by atoms with Gasteiger partial charge in [0, 0.05) is 29.7 Å². The molecule has 0 spiro atoms. The lowest BCUT2D eigenvalue weighted by molar-refractivity contribution is 0.0914. The van der Waals surface area contributed by atoms with E-state index in [4.69, 9.17) is 0 Å². The highest BCUT2D eigenvalue weighted by atomic mass is 16.3. The number of benzene rings is 1. The molecule has 1 amide bonds. The topological polar surface area (TPSA) is 90.9 Å². The molecule has 1 aromatic carbocycles. The third kappa shape index (κ3) is 3.74. The van der Waals surface area contributed by atoms with Gasteiger partial charge < -0.3 is 10.4 Å². The highest BCUT2D eigenvalue weighted by molar-refractivity contribution is 5.94. The third-order valence-electron chi connectivity index (χ3n) is 5.31. The minimum Gasteiger partial charge on any atom is -0.396 e. The second-order valence-electron chi connectivity index (χ2n) is 7.27. The smallest absolute Gasteiger partial charge is 0.251 e. The van der Waals surface area contributed by atoms with Crippen LogP contribution in [0.4, 0.5) is 0 Å². The van der Waals surface area contributed by atoms with Gasteiger partial charge in [-0.15, -0.1) is 0 Å². The summed E-state index contributed by atoms with van der Waals surface area (Å²) in [4.78, 5) is 17.0. The maximum Gasteiger partial charge on any atom is 0.251 e. The van der Waals surface area contributed by atoms with Gasteiger partial charge in [-0.2, -0.15) is 5.10 Å². The van der Waals surface area contributed by atoms with E-state index < -0.39 is 0 Å². The minimum absolute atomic E-state index is 0.0346. The van der Waals surface area contributed by atoms with Gasteiger partial charge in [-0.3, -0.25) is 9.89 Å². The summed E-state index contributed by atoms with van der Waals surface area (Å²) in [5.74, 6) is 2.57. The quantitative estimate of drug-likeness (QED) is 0.780. The number of hydrogen-bond acceptors (Lipinski definition) is 4. The van der Waals surface area contributed by atoms with Crippen molar-refractivity contribution < 1.29 is 9.90 Å². The summed E-state index contributed by atoms with van der Waals surface area (Å²) in [5.41, 5.74) is 1.58. The molecule has 0 radical (unpaired) electrons. The van der Waals surface area contributed by atoms with Crippen LogP contribution in [0.25, 0.3) is 11.4 Å².